The topological polar surface area (TPSA) is 105 Å². The maximum Gasteiger partial charge on any atom is 0.329 e. The maximum atomic E-state index is 12.3. The molecule has 0 spiro atoms. The first-order valence-corrected chi connectivity index (χ1v) is 8.84. The van der Waals surface area contributed by atoms with Gasteiger partial charge in [-0.3, -0.25) is 9.59 Å². The lowest BCUT2D eigenvalue weighted by molar-refractivity contribution is -0.148. The van der Waals surface area contributed by atoms with Crippen molar-refractivity contribution in [2.45, 2.75) is 30.9 Å². The highest BCUT2D eigenvalue weighted by Crippen LogP contribution is 2.30. The number of benzene rings is 1. The second-order valence-electron chi connectivity index (χ2n) is 5.84. The highest BCUT2D eigenvalue weighted by Gasteiger charge is 2.42. The maximum absolute atomic E-state index is 12.3. The number of hydrogen-bond acceptors (Lipinski definition) is 5. The SMILES string of the molecule is O=C(CC1Oc2ccccc2NC1=O)NC1(C(=O)O)CCSCC1. The van der Waals surface area contributed by atoms with E-state index < -0.39 is 29.4 Å². The van der Waals surface area contributed by atoms with Gasteiger partial charge in [0.1, 0.15) is 11.3 Å². The standard InChI is InChI=1S/C16H18N2O5S/c19-13(18-16(15(21)22)5-7-24-8-6-16)9-12-14(20)17-10-3-1-2-4-11(10)23-12/h1-4,12H,5-9H2,(H,17,20)(H,18,19)(H,21,22). The summed E-state index contributed by atoms with van der Waals surface area (Å²) < 4.78 is 5.57. The normalized spacial score (nSPS) is 21.8. The molecule has 0 aliphatic carbocycles. The van der Waals surface area contributed by atoms with Gasteiger partial charge in [-0.1, -0.05) is 12.1 Å². The zero-order valence-electron chi connectivity index (χ0n) is 12.9. The van der Waals surface area contributed by atoms with Gasteiger partial charge in [0.25, 0.3) is 5.91 Å². The first kappa shape index (κ1) is 16.6. The van der Waals surface area contributed by atoms with Gasteiger partial charge in [0, 0.05) is 0 Å². The van der Waals surface area contributed by atoms with Crippen LogP contribution in [0, 0.1) is 0 Å². The van der Waals surface area contributed by atoms with Crippen molar-refractivity contribution >= 4 is 35.2 Å². The Hall–Kier alpha value is -2.22. The molecule has 3 N–H and O–H groups in total. The molecular formula is C16H18N2O5S. The predicted molar refractivity (Wildman–Crippen MR) is 89.2 cm³/mol. The minimum atomic E-state index is -1.24. The number of para-hydroxylation sites is 2. The van der Waals surface area contributed by atoms with Crippen LogP contribution in [0.1, 0.15) is 19.3 Å². The summed E-state index contributed by atoms with van der Waals surface area (Å²) in [4.78, 5) is 36.0. The first-order valence-electron chi connectivity index (χ1n) is 7.69. The monoisotopic (exact) mass is 350 g/mol. The Bertz CT molecular complexity index is 672. The average Bonchev–Trinajstić information content (AvgIpc) is 2.56. The van der Waals surface area contributed by atoms with E-state index in [2.05, 4.69) is 10.6 Å². The van der Waals surface area contributed by atoms with Crippen molar-refractivity contribution in [2.75, 3.05) is 16.8 Å². The van der Waals surface area contributed by atoms with Gasteiger partial charge in [0.15, 0.2) is 6.10 Å². The number of anilines is 1. The summed E-state index contributed by atoms with van der Waals surface area (Å²) in [6.07, 6.45) is -0.440. The van der Waals surface area contributed by atoms with E-state index >= 15 is 0 Å². The van der Waals surface area contributed by atoms with Crippen molar-refractivity contribution in [1.82, 2.24) is 5.32 Å². The van der Waals surface area contributed by atoms with Gasteiger partial charge >= 0.3 is 5.97 Å². The van der Waals surface area contributed by atoms with E-state index in [0.29, 0.717) is 35.8 Å². The van der Waals surface area contributed by atoms with Crippen molar-refractivity contribution in [3.05, 3.63) is 24.3 Å². The van der Waals surface area contributed by atoms with Crippen LogP contribution in [0.25, 0.3) is 0 Å². The van der Waals surface area contributed by atoms with E-state index in [1.807, 2.05) is 0 Å². The lowest BCUT2D eigenvalue weighted by Gasteiger charge is -2.34. The summed E-state index contributed by atoms with van der Waals surface area (Å²) >= 11 is 1.67. The summed E-state index contributed by atoms with van der Waals surface area (Å²) in [7, 11) is 0. The van der Waals surface area contributed by atoms with Crippen LogP contribution >= 0.6 is 11.8 Å². The number of carbonyl (C=O) groups excluding carboxylic acids is 2. The summed E-state index contributed by atoms with van der Waals surface area (Å²) in [5.74, 6) is -0.0792. The van der Waals surface area contributed by atoms with Gasteiger partial charge in [-0.15, -0.1) is 0 Å². The molecule has 1 aromatic rings. The Kier molecular flexibility index (Phi) is 4.66. The van der Waals surface area contributed by atoms with Crippen molar-refractivity contribution in [1.29, 1.82) is 0 Å². The van der Waals surface area contributed by atoms with Gasteiger partial charge < -0.3 is 20.5 Å². The van der Waals surface area contributed by atoms with E-state index in [-0.39, 0.29) is 6.42 Å². The molecule has 1 atom stereocenters. The predicted octanol–water partition coefficient (Wildman–Crippen LogP) is 1.24. The number of hydrogen-bond donors (Lipinski definition) is 3. The number of fused-ring (bicyclic) bond motifs is 1. The van der Waals surface area contributed by atoms with E-state index in [9.17, 15) is 19.5 Å². The molecule has 2 aliphatic rings. The molecule has 24 heavy (non-hydrogen) atoms. The van der Waals surface area contributed by atoms with Crippen LogP contribution in [0.15, 0.2) is 24.3 Å². The van der Waals surface area contributed by atoms with Crippen molar-refractivity contribution in [3.8, 4) is 5.75 Å². The number of carbonyl (C=O) groups is 3. The van der Waals surface area contributed by atoms with E-state index in [1.165, 1.54) is 0 Å². The lowest BCUT2D eigenvalue weighted by Crippen LogP contribution is -2.57. The van der Waals surface area contributed by atoms with E-state index in [4.69, 9.17) is 4.74 Å². The molecule has 2 heterocycles. The van der Waals surface area contributed by atoms with Crippen LogP contribution in [0.4, 0.5) is 5.69 Å². The number of amides is 2. The first-order chi connectivity index (χ1) is 11.5. The Balaban J connectivity index is 1.66. The molecular weight excluding hydrogens is 332 g/mol. The zero-order chi connectivity index (χ0) is 17.2. The summed E-state index contributed by atoms with van der Waals surface area (Å²) in [6.45, 7) is 0. The highest BCUT2D eigenvalue weighted by atomic mass is 32.2. The summed E-state index contributed by atoms with van der Waals surface area (Å²) in [5, 5.41) is 14.8. The Labute approximate surface area is 143 Å². The molecule has 2 amide bonds. The van der Waals surface area contributed by atoms with Crippen LogP contribution < -0.4 is 15.4 Å². The van der Waals surface area contributed by atoms with Gasteiger partial charge in [0.2, 0.25) is 5.91 Å². The largest absolute Gasteiger partial charge is 0.480 e. The molecule has 128 valence electrons. The van der Waals surface area contributed by atoms with Crippen LogP contribution in [0.3, 0.4) is 0 Å². The third kappa shape index (κ3) is 3.33. The van der Waals surface area contributed by atoms with Crippen molar-refractivity contribution in [2.24, 2.45) is 0 Å². The van der Waals surface area contributed by atoms with E-state index in [0.717, 1.165) is 0 Å². The average molecular weight is 350 g/mol. The highest BCUT2D eigenvalue weighted by molar-refractivity contribution is 7.99. The fourth-order valence-corrected chi connectivity index (χ4v) is 4.02. The Morgan fingerprint density at radius 2 is 2.04 bits per heavy atom. The molecule has 7 nitrogen and oxygen atoms in total. The molecule has 1 aromatic carbocycles. The number of thioether (sulfide) groups is 1. The van der Waals surface area contributed by atoms with Crippen LogP contribution in [0.2, 0.25) is 0 Å². The van der Waals surface area contributed by atoms with Crippen LogP contribution in [-0.4, -0.2) is 46.0 Å². The van der Waals surface area contributed by atoms with Gasteiger partial charge in [-0.2, -0.15) is 11.8 Å². The molecule has 0 aromatic heterocycles. The quantitative estimate of drug-likeness (QED) is 0.755. The number of carboxylic acids is 1. The number of nitrogens with one attached hydrogen (secondary N) is 2. The zero-order valence-corrected chi connectivity index (χ0v) is 13.7. The second-order valence-corrected chi connectivity index (χ2v) is 7.07. The van der Waals surface area contributed by atoms with Gasteiger partial charge in [-0.05, 0) is 36.5 Å². The minimum absolute atomic E-state index is 0.220. The number of ether oxygens (including phenoxy) is 1. The fourth-order valence-electron chi connectivity index (χ4n) is 2.83. The molecule has 1 unspecified atom stereocenters. The van der Waals surface area contributed by atoms with Gasteiger partial charge in [0.05, 0.1) is 12.1 Å². The number of aliphatic carboxylic acids is 1. The molecule has 2 aliphatic heterocycles. The van der Waals surface area contributed by atoms with Crippen LogP contribution in [-0.2, 0) is 14.4 Å². The molecule has 1 saturated heterocycles. The smallest absolute Gasteiger partial charge is 0.329 e. The van der Waals surface area contributed by atoms with Crippen molar-refractivity contribution < 1.29 is 24.2 Å². The molecule has 0 saturated carbocycles. The van der Waals surface area contributed by atoms with Crippen molar-refractivity contribution in [3.63, 3.8) is 0 Å². The van der Waals surface area contributed by atoms with Gasteiger partial charge in [-0.25, -0.2) is 4.79 Å². The molecule has 8 heteroatoms. The molecule has 0 bridgehead atoms. The molecule has 3 rings (SSSR count). The molecule has 0 radical (unpaired) electrons. The fraction of sp³-hybridized carbons (Fsp3) is 0.438. The van der Waals surface area contributed by atoms with Crippen LogP contribution in [0.5, 0.6) is 5.75 Å². The van der Waals surface area contributed by atoms with E-state index in [1.54, 1.807) is 36.0 Å². The lowest BCUT2D eigenvalue weighted by atomic mass is 9.92. The number of rotatable bonds is 4. The molecule has 1 fully saturated rings. The Morgan fingerprint density at radius 3 is 2.75 bits per heavy atom. The minimum Gasteiger partial charge on any atom is -0.480 e. The summed E-state index contributed by atoms with van der Waals surface area (Å²) in [5.41, 5.74) is -0.684. The third-order valence-electron chi connectivity index (χ3n) is 4.21. The summed E-state index contributed by atoms with van der Waals surface area (Å²) in [6, 6.07) is 6.96. The Morgan fingerprint density at radius 1 is 1.33 bits per heavy atom. The third-order valence-corrected chi connectivity index (χ3v) is 5.20. The second kappa shape index (κ2) is 6.72. The number of carboxylic acid groups (broad SMARTS) is 1.